The van der Waals surface area contributed by atoms with Crippen molar-refractivity contribution in [2.24, 2.45) is 0 Å². The van der Waals surface area contributed by atoms with Gasteiger partial charge < -0.3 is 14.7 Å². The maximum absolute atomic E-state index is 9.46. The molecule has 2 saturated heterocycles. The van der Waals surface area contributed by atoms with Gasteiger partial charge in [0.25, 0.3) is 0 Å². The van der Waals surface area contributed by atoms with E-state index in [2.05, 4.69) is 16.0 Å². The van der Waals surface area contributed by atoms with E-state index in [4.69, 9.17) is 14.8 Å². The Labute approximate surface area is 154 Å². The molecule has 2 aliphatic rings. The van der Waals surface area contributed by atoms with E-state index < -0.39 is 0 Å². The van der Waals surface area contributed by atoms with Gasteiger partial charge in [-0.15, -0.1) is 0 Å². The average molecular weight is 357 g/mol. The molecule has 4 heterocycles. The number of nitrogens with zero attached hydrogens (tertiary/aromatic N) is 5. The minimum Gasteiger partial charge on any atom is -0.394 e. The number of aromatic nitrogens is 4. The van der Waals surface area contributed by atoms with Gasteiger partial charge in [-0.3, -0.25) is 0 Å². The van der Waals surface area contributed by atoms with E-state index >= 15 is 0 Å². The third kappa shape index (κ3) is 3.73. The lowest BCUT2D eigenvalue weighted by atomic mass is 9.96. The summed E-state index contributed by atoms with van der Waals surface area (Å²) in [6, 6.07) is 6.04. The number of piperidine rings is 1. The molecule has 0 radical (unpaired) electrons. The highest BCUT2D eigenvalue weighted by Crippen LogP contribution is 2.31. The van der Waals surface area contributed by atoms with Crippen LogP contribution in [-0.4, -0.2) is 57.8 Å². The van der Waals surface area contributed by atoms with Crippen molar-refractivity contribution < 1.29 is 9.84 Å². The van der Waals surface area contributed by atoms with Crippen molar-refractivity contribution in [3.05, 3.63) is 36.0 Å². The first-order chi connectivity index (χ1) is 12.8. The molecule has 0 unspecified atom stereocenters. The minimum absolute atomic E-state index is 0.0836. The first-order valence-corrected chi connectivity index (χ1v) is 9.64. The van der Waals surface area contributed by atoms with E-state index in [1.54, 1.807) is 0 Å². The number of anilines is 1. The van der Waals surface area contributed by atoms with Gasteiger partial charge in [0.05, 0.1) is 13.2 Å². The molecule has 140 valence electrons. The zero-order valence-corrected chi connectivity index (χ0v) is 15.1. The lowest BCUT2D eigenvalue weighted by Crippen LogP contribution is -2.36. The lowest BCUT2D eigenvalue weighted by Gasteiger charge is -2.33. The first kappa shape index (κ1) is 17.4. The number of hydrogen-bond donors (Lipinski definition) is 1. The molecule has 26 heavy (non-hydrogen) atoms. The molecular formula is C19H27N5O2. The van der Waals surface area contributed by atoms with Gasteiger partial charge in [-0.1, -0.05) is 6.07 Å². The molecular weight excluding hydrogens is 330 g/mol. The fraction of sp³-hybridized carbons (Fsp3) is 0.632. The monoisotopic (exact) mass is 357 g/mol. The van der Waals surface area contributed by atoms with Crippen molar-refractivity contribution in [3.8, 4) is 0 Å². The Kier molecular flexibility index (Phi) is 5.45. The van der Waals surface area contributed by atoms with Crippen LogP contribution in [0.5, 0.6) is 0 Å². The average Bonchev–Trinajstić information content (AvgIpc) is 3.14. The van der Waals surface area contributed by atoms with E-state index in [0.29, 0.717) is 18.4 Å². The molecule has 0 aromatic carbocycles. The molecule has 2 aromatic heterocycles. The lowest BCUT2D eigenvalue weighted by molar-refractivity contribution is 0.0835. The number of ether oxygens (including phenoxy) is 1. The highest BCUT2D eigenvalue weighted by molar-refractivity contribution is 5.39. The molecule has 0 bridgehead atoms. The second kappa shape index (κ2) is 8.14. The van der Waals surface area contributed by atoms with Crippen molar-refractivity contribution in [2.75, 3.05) is 37.8 Å². The van der Waals surface area contributed by atoms with Crippen LogP contribution < -0.4 is 4.90 Å². The van der Waals surface area contributed by atoms with Crippen LogP contribution in [-0.2, 0) is 11.3 Å². The molecule has 7 nitrogen and oxygen atoms in total. The second-order valence-corrected chi connectivity index (χ2v) is 7.13. The highest BCUT2D eigenvalue weighted by atomic mass is 16.5. The number of hydrogen-bond acceptors (Lipinski definition) is 6. The van der Waals surface area contributed by atoms with Crippen molar-refractivity contribution in [3.63, 3.8) is 0 Å². The fourth-order valence-corrected chi connectivity index (χ4v) is 4.00. The third-order valence-electron chi connectivity index (χ3n) is 5.37. The quantitative estimate of drug-likeness (QED) is 0.881. The largest absolute Gasteiger partial charge is 0.394 e. The summed E-state index contributed by atoms with van der Waals surface area (Å²) in [6.07, 6.45) is 6.01. The van der Waals surface area contributed by atoms with Crippen LogP contribution in [0.4, 0.5) is 5.82 Å². The Bertz CT molecular complexity index is 699. The topological polar surface area (TPSA) is 76.3 Å². The third-order valence-corrected chi connectivity index (χ3v) is 5.37. The summed E-state index contributed by atoms with van der Waals surface area (Å²) < 4.78 is 7.40. The van der Waals surface area contributed by atoms with Crippen molar-refractivity contribution in [1.29, 1.82) is 0 Å². The predicted molar refractivity (Wildman–Crippen MR) is 98.3 cm³/mol. The van der Waals surface area contributed by atoms with Crippen molar-refractivity contribution in [2.45, 2.75) is 44.1 Å². The SMILES string of the molecule is OCCn1nc(C2CCOCC2)nc1[C@@H]1CCCN(c2ccccn2)C1. The van der Waals surface area contributed by atoms with E-state index in [1.807, 2.05) is 23.0 Å². The maximum atomic E-state index is 9.46. The first-order valence-electron chi connectivity index (χ1n) is 9.64. The number of aliphatic hydroxyl groups is 1. The summed E-state index contributed by atoms with van der Waals surface area (Å²) in [4.78, 5) is 11.8. The van der Waals surface area contributed by atoms with Crippen LogP contribution >= 0.6 is 0 Å². The number of aliphatic hydroxyl groups excluding tert-OH is 1. The molecule has 0 spiro atoms. The normalized spacial score (nSPS) is 21.9. The Morgan fingerprint density at radius 1 is 1.15 bits per heavy atom. The Hall–Kier alpha value is -1.99. The maximum Gasteiger partial charge on any atom is 0.154 e. The molecule has 0 saturated carbocycles. The molecule has 0 amide bonds. The van der Waals surface area contributed by atoms with Crippen LogP contribution in [0.1, 0.15) is 49.2 Å². The van der Waals surface area contributed by atoms with Gasteiger partial charge in [0.15, 0.2) is 5.82 Å². The van der Waals surface area contributed by atoms with E-state index in [0.717, 1.165) is 69.5 Å². The highest BCUT2D eigenvalue weighted by Gasteiger charge is 2.29. The van der Waals surface area contributed by atoms with Gasteiger partial charge in [0.2, 0.25) is 0 Å². The van der Waals surface area contributed by atoms with Crippen LogP contribution in [0.2, 0.25) is 0 Å². The van der Waals surface area contributed by atoms with Crippen LogP contribution in [0.25, 0.3) is 0 Å². The molecule has 0 aliphatic carbocycles. The van der Waals surface area contributed by atoms with Crippen molar-refractivity contribution in [1.82, 2.24) is 19.7 Å². The van der Waals surface area contributed by atoms with Gasteiger partial charge >= 0.3 is 0 Å². The Morgan fingerprint density at radius 2 is 2.04 bits per heavy atom. The summed E-state index contributed by atoms with van der Waals surface area (Å²) in [5.41, 5.74) is 0. The fourth-order valence-electron chi connectivity index (χ4n) is 4.00. The predicted octanol–water partition coefficient (Wildman–Crippen LogP) is 1.94. The van der Waals surface area contributed by atoms with Crippen LogP contribution in [0.3, 0.4) is 0 Å². The summed E-state index contributed by atoms with van der Waals surface area (Å²) in [6.45, 7) is 4.07. The molecule has 2 aliphatic heterocycles. The molecule has 1 atom stereocenters. The van der Waals surface area contributed by atoms with Crippen LogP contribution in [0.15, 0.2) is 24.4 Å². The van der Waals surface area contributed by atoms with E-state index in [9.17, 15) is 5.11 Å². The van der Waals surface area contributed by atoms with Gasteiger partial charge in [-0.2, -0.15) is 5.10 Å². The summed E-state index contributed by atoms with van der Waals surface area (Å²) in [5, 5.41) is 14.2. The molecule has 1 N–H and O–H groups in total. The summed E-state index contributed by atoms with van der Waals surface area (Å²) in [5.74, 6) is 3.65. The summed E-state index contributed by atoms with van der Waals surface area (Å²) >= 11 is 0. The zero-order valence-electron chi connectivity index (χ0n) is 15.1. The minimum atomic E-state index is 0.0836. The smallest absolute Gasteiger partial charge is 0.154 e. The molecule has 7 heteroatoms. The second-order valence-electron chi connectivity index (χ2n) is 7.13. The van der Waals surface area contributed by atoms with Gasteiger partial charge in [0.1, 0.15) is 11.6 Å². The van der Waals surface area contributed by atoms with Gasteiger partial charge in [0, 0.05) is 44.3 Å². The van der Waals surface area contributed by atoms with Crippen molar-refractivity contribution >= 4 is 5.82 Å². The van der Waals surface area contributed by atoms with Gasteiger partial charge in [-0.25, -0.2) is 14.6 Å². The van der Waals surface area contributed by atoms with Gasteiger partial charge in [-0.05, 0) is 37.8 Å². The summed E-state index contributed by atoms with van der Waals surface area (Å²) in [7, 11) is 0. The Balaban J connectivity index is 1.56. The zero-order chi connectivity index (χ0) is 17.8. The standard InChI is InChI=1S/C19H27N5O2/c25-11-10-24-19(21-18(22-24)15-6-12-26-13-7-15)16-4-3-9-23(14-16)17-5-1-2-8-20-17/h1-2,5,8,15-16,25H,3-4,6-7,9-14H2/t16-/m1/s1. The molecule has 4 rings (SSSR count). The van der Waals surface area contributed by atoms with E-state index in [-0.39, 0.29) is 6.61 Å². The number of rotatable bonds is 5. The van der Waals surface area contributed by atoms with Crippen LogP contribution in [0, 0.1) is 0 Å². The molecule has 2 aromatic rings. The Morgan fingerprint density at radius 3 is 2.81 bits per heavy atom. The molecule has 2 fully saturated rings. The number of pyridine rings is 1. The van der Waals surface area contributed by atoms with E-state index in [1.165, 1.54) is 0 Å².